The van der Waals surface area contributed by atoms with Gasteiger partial charge in [-0.05, 0) is 24.6 Å². The highest BCUT2D eigenvalue weighted by Gasteiger charge is 2.33. The van der Waals surface area contributed by atoms with Crippen molar-refractivity contribution in [1.82, 2.24) is 0 Å². The minimum absolute atomic E-state index is 0.0191. The van der Waals surface area contributed by atoms with Crippen LogP contribution in [0.1, 0.15) is 24.2 Å². The maximum absolute atomic E-state index is 12.4. The molecule has 0 aliphatic carbocycles. The van der Waals surface area contributed by atoms with Crippen LogP contribution in [0.4, 0.5) is 13.2 Å². The fourth-order valence-electron chi connectivity index (χ4n) is 1.02. The molecule has 0 amide bonds. The highest BCUT2D eigenvalue weighted by molar-refractivity contribution is 9.10. The first-order chi connectivity index (χ1) is 6.32. The van der Waals surface area contributed by atoms with Crippen LogP contribution in [0.2, 0.25) is 0 Å². The lowest BCUT2D eigenvalue weighted by molar-refractivity contribution is -0.138. The third-order valence-corrected chi connectivity index (χ3v) is 2.47. The Hall–Kier alpha value is -0.550. The molecule has 14 heavy (non-hydrogen) atoms. The molecule has 1 aromatic carbocycles. The number of aliphatic hydroxyl groups is 1. The Kier molecular flexibility index (Phi) is 3.21. The largest absolute Gasteiger partial charge is 0.417 e. The summed E-state index contributed by atoms with van der Waals surface area (Å²) in [5.41, 5.74) is -0.517. The molecule has 1 nitrogen and oxygen atoms in total. The summed E-state index contributed by atoms with van der Waals surface area (Å²) < 4.78 is 37.1. The summed E-state index contributed by atoms with van der Waals surface area (Å²) in [6.45, 7) is 1.42. The SMILES string of the molecule is C[C@H](O)c1ccc(Br)c(C(F)(F)F)c1. The molecule has 0 unspecified atom stereocenters. The summed E-state index contributed by atoms with van der Waals surface area (Å²) in [5, 5.41) is 9.12. The predicted molar refractivity (Wildman–Crippen MR) is 49.8 cm³/mol. The van der Waals surface area contributed by atoms with Gasteiger partial charge in [-0.25, -0.2) is 0 Å². The zero-order valence-electron chi connectivity index (χ0n) is 7.27. The first kappa shape index (κ1) is 11.5. The van der Waals surface area contributed by atoms with Crippen LogP contribution in [0, 0.1) is 0 Å². The zero-order valence-corrected chi connectivity index (χ0v) is 8.85. The Labute approximate surface area is 87.7 Å². The first-order valence-corrected chi connectivity index (χ1v) is 4.66. The lowest BCUT2D eigenvalue weighted by Crippen LogP contribution is -2.07. The Morgan fingerprint density at radius 3 is 2.36 bits per heavy atom. The van der Waals surface area contributed by atoms with Crippen molar-refractivity contribution in [2.24, 2.45) is 0 Å². The van der Waals surface area contributed by atoms with Crippen molar-refractivity contribution < 1.29 is 18.3 Å². The standard InChI is InChI=1S/C9H8BrF3O/c1-5(14)6-2-3-8(10)7(4-6)9(11,12)13/h2-5,14H,1H3/t5-/m0/s1. The van der Waals surface area contributed by atoms with E-state index in [0.717, 1.165) is 6.07 Å². The normalized spacial score (nSPS) is 14.1. The van der Waals surface area contributed by atoms with Gasteiger partial charge in [-0.1, -0.05) is 22.0 Å². The molecule has 0 aromatic heterocycles. The number of alkyl halides is 3. The van der Waals surface area contributed by atoms with Gasteiger partial charge in [0.15, 0.2) is 0 Å². The van der Waals surface area contributed by atoms with Crippen molar-refractivity contribution in [2.75, 3.05) is 0 Å². The Bertz CT molecular complexity index is 333. The summed E-state index contributed by atoms with van der Waals surface area (Å²) in [4.78, 5) is 0. The number of benzene rings is 1. The summed E-state index contributed by atoms with van der Waals surface area (Å²) in [5.74, 6) is 0. The maximum Gasteiger partial charge on any atom is 0.417 e. The van der Waals surface area contributed by atoms with E-state index in [-0.39, 0.29) is 10.0 Å². The van der Waals surface area contributed by atoms with Crippen molar-refractivity contribution >= 4 is 15.9 Å². The van der Waals surface area contributed by atoms with Crippen molar-refractivity contribution in [3.8, 4) is 0 Å². The molecule has 0 saturated carbocycles. The van der Waals surface area contributed by atoms with E-state index in [0.29, 0.717) is 0 Å². The molecule has 1 N–H and O–H groups in total. The Balaban J connectivity index is 3.22. The van der Waals surface area contributed by atoms with Gasteiger partial charge in [0.25, 0.3) is 0 Å². The van der Waals surface area contributed by atoms with Gasteiger partial charge in [-0.15, -0.1) is 0 Å². The third kappa shape index (κ3) is 2.48. The topological polar surface area (TPSA) is 20.2 Å². The van der Waals surface area contributed by atoms with Crippen LogP contribution >= 0.6 is 15.9 Å². The minimum Gasteiger partial charge on any atom is -0.389 e. The van der Waals surface area contributed by atoms with E-state index in [1.807, 2.05) is 0 Å². The van der Waals surface area contributed by atoms with E-state index in [4.69, 9.17) is 5.11 Å². The van der Waals surface area contributed by atoms with Crippen LogP contribution in [0.25, 0.3) is 0 Å². The molecule has 0 aliphatic rings. The van der Waals surface area contributed by atoms with E-state index in [1.54, 1.807) is 0 Å². The fourth-order valence-corrected chi connectivity index (χ4v) is 1.49. The molecule has 1 atom stereocenters. The van der Waals surface area contributed by atoms with Crippen molar-refractivity contribution in [1.29, 1.82) is 0 Å². The van der Waals surface area contributed by atoms with Crippen LogP contribution in [-0.4, -0.2) is 5.11 Å². The maximum atomic E-state index is 12.4. The van der Waals surface area contributed by atoms with Gasteiger partial charge < -0.3 is 5.11 Å². The second kappa shape index (κ2) is 3.90. The molecular weight excluding hydrogens is 261 g/mol. The number of rotatable bonds is 1. The quantitative estimate of drug-likeness (QED) is 0.827. The average Bonchev–Trinajstić information content (AvgIpc) is 2.02. The van der Waals surface area contributed by atoms with E-state index >= 15 is 0 Å². The second-order valence-electron chi connectivity index (χ2n) is 2.91. The number of hydrogen-bond donors (Lipinski definition) is 1. The van der Waals surface area contributed by atoms with Gasteiger partial charge >= 0.3 is 6.18 Å². The third-order valence-electron chi connectivity index (χ3n) is 1.78. The van der Waals surface area contributed by atoms with Crippen LogP contribution in [0.15, 0.2) is 22.7 Å². The summed E-state index contributed by atoms with van der Waals surface area (Å²) in [7, 11) is 0. The Morgan fingerprint density at radius 2 is 1.93 bits per heavy atom. The molecule has 0 aliphatic heterocycles. The van der Waals surface area contributed by atoms with Gasteiger partial charge in [0.2, 0.25) is 0 Å². The van der Waals surface area contributed by atoms with Gasteiger partial charge in [0.05, 0.1) is 11.7 Å². The molecule has 0 heterocycles. The number of hydrogen-bond acceptors (Lipinski definition) is 1. The van der Waals surface area contributed by atoms with Crippen LogP contribution < -0.4 is 0 Å². The number of aliphatic hydroxyl groups excluding tert-OH is 1. The molecular formula is C9H8BrF3O. The summed E-state index contributed by atoms with van der Waals surface area (Å²) >= 11 is 2.81. The van der Waals surface area contributed by atoms with E-state index in [9.17, 15) is 13.2 Å². The molecule has 0 spiro atoms. The van der Waals surface area contributed by atoms with Gasteiger partial charge in [-0.3, -0.25) is 0 Å². The smallest absolute Gasteiger partial charge is 0.389 e. The summed E-state index contributed by atoms with van der Waals surface area (Å²) in [6.07, 6.45) is -5.30. The molecule has 1 rings (SSSR count). The molecule has 0 saturated heterocycles. The van der Waals surface area contributed by atoms with E-state index in [1.165, 1.54) is 19.1 Å². The first-order valence-electron chi connectivity index (χ1n) is 3.87. The highest BCUT2D eigenvalue weighted by atomic mass is 79.9. The van der Waals surface area contributed by atoms with Gasteiger partial charge in [0, 0.05) is 4.47 Å². The number of halogens is 4. The average molecular weight is 269 g/mol. The van der Waals surface area contributed by atoms with Crippen LogP contribution in [0.3, 0.4) is 0 Å². The molecule has 78 valence electrons. The molecule has 1 aromatic rings. The van der Waals surface area contributed by atoms with Crippen molar-refractivity contribution in [3.63, 3.8) is 0 Å². The van der Waals surface area contributed by atoms with Crippen molar-refractivity contribution in [3.05, 3.63) is 33.8 Å². The summed E-state index contributed by atoms with van der Waals surface area (Å²) in [6, 6.07) is 3.67. The van der Waals surface area contributed by atoms with Crippen LogP contribution in [0.5, 0.6) is 0 Å². The highest BCUT2D eigenvalue weighted by Crippen LogP contribution is 2.36. The molecule has 0 bridgehead atoms. The monoisotopic (exact) mass is 268 g/mol. The lowest BCUT2D eigenvalue weighted by Gasteiger charge is -2.12. The lowest BCUT2D eigenvalue weighted by atomic mass is 10.1. The molecule has 0 fully saturated rings. The van der Waals surface area contributed by atoms with Gasteiger partial charge in [-0.2, -0.15) is 13.2 Å². The minimum atomic E-state index is -4.40. The van der Waals surface area contributed by atoms with E-state index < -0.39 is 17.8 Å². The Morgan fingerprint density at radius 1 is 1.36 bits per heavy atom. The molecule has 0 radical (unpaired) electrons. The second-order valence-corrected chi connectivity index (χ2v) is 3.77. The predicted octanol–water partition coefficient (Wildman–Crippen LogP) is 3.52. The molecule has 5 heteroatoms. The fraction of sp³-hybridized carbons (Fsp3) is 0.333. The zero-order chi connectivity index (χ0) is 10.9. The van der Waals surface area contributed by atoms with Crippen molar-refractivity contribution in [2.45, 2.75) is 19.2 Å². The van der Waals surface area contributed by atoms with Crippen LogP contribution in [-0.2, 0) is 6.18 Å². The van der Waals surface area contributed by atoms with E-state index in [2.05, 4.69) is 15.9 Å². The van der Waals surface area contributed by atoms with Gasteiger partial charge in [0.1, 0.15) is 0 Å².